The zero-order valence-corrected chi connectivity index (χ0v) is 26.1. The van der Waals surface area contributed by atoms with Crippen LogP contribution in [0.5, 0.6) is 0 Å². The third-order valence-electron chi connectivity index (χ3n) is 8.83. The Morgan fingerprint density at radius 2 is 1.00 bits per heavy atom. The van der Waals surface area contributed by atoms with E-state index in [0.717, 1.165) is 51.9 Å². The van der Waals surface area contributed by atoms with E-state index < -0.39 is 21.8 Å². The standard InChI is InChI=1S/C34H38N4O8/c1-23-11-15-35(16-12-23)29-9-7-27(19-31(29)37(41)42)33(39)45-21-25-3-5-26(6-4-25)22-46-34(40)28-8-10-30(32(20-28)38(43)44)36-17-13-24(2)14-18-36/h3-10,19-20,23-24H,11-18,21-22H2,1-2H3. The molecule has 5 rings (SSSR count). The smallest absolute Gasteiger partial charge is 0.338 e. The lowest BCUT2D eigenvalue weighted by molar-refractivity contribution is -0.384. The first kappa shape index (κ1) is 32.4. The second-order valence-corrected chi connectivity index (χ2v) is 12.2. The molecule has 0 bridgehead atoms. The highest BCUT2D eigenvalue weighted by Crippen LogP contribution is 2.34. The van der Waals surface area contributed by atoms with Gasteiger partial charge in [-0.05, 0) is 72.9 Å². The summed E-state index contributed by atoms with van der Waals surface area (Å²) in [4.78, 5) is 52.1. The Morgan fingerprint density at radius 3 is 1.33 bits per heavy atom. The third-order valence-corrected chi connectivity index (χ3v) is 8.83. The Hall–Kier alpha value is -5.00. The van der Waals surface area contributed by atoms with E-state index >= 15 is 0 Å². The third kappa shape index (κ3) is 7.79. The van der Waals surface area contributed by atoms with Gasteiger partial charge >= 0.3 is 11.9 Å². The van der Waals surface area contributed by atoms with E-state index in [9.17, 15) is 29.8 Å². The van der Waals surface area contributed by atoms with Crippen molar-refractivity contribution >= 4 is 34.7 Å². The Labute approximate surface area is 267 Å². The van der Waals surface area contributed by atoms with Gasteiger partial charge in [0.15, 0.2) is 0 Å². The maximum absolute atomic E-state index is 12.7. The van der Waals surface area contributed by atoms with Crippen LogP contribution in [0.25, 0.3) is 0 Å². The van der Waals surface area contributed by atoms with Crippen molar-refractivity contribution in [3.63, 3.8) is 0 Å². The van der Waals surface area contributed by atoms with Gasteiger partial charge in [0.25, 0.3) is 11.4 Å². The van der Waals surface area contributed by atoms with Gasteiger partial charge in [0, 0.05) is 38.3 Å². The second-order valence-electron chi connectivity index (χ2n) is 12.2. The van der Waals surface area contributed by atoms with E-state index in [2.05, 4.69) is 13.8 Å². The van der Waals surface area contributed by atoms with Gasteiger partial charge in [-0.25, -0.2) is 9.59 Å². The van der Waals surface area contributed by atoms with Crippen molar-refractivity contribution in [3.8, 4) is 0 Å². The monoisotopic (exact) mass is 630 g/mol. The predicted molar refractivity (Wildman–Crippen MR) is 172 cm³/mol. The highest BCUT2D eigenvalue weighted by atomic mass is 16.6. The normalized spacial score (nSPS) is 15.8. The van der Waals surface area contributed by atoms with Crippen LogP contribution >= 0.6 is 0 Å². The molecule has 2 fully saturated rings. The van der Waals surface area contributed by atoms with Gasteiger partial charge in [-0.1, -0.05) is 38.1 Å². The molecule has 12 heteroatoms. The van der Waals surface area contributed by atoms with Gasteiger partial charge in [-0.2, -0.15) is 0 Å². The van der Waals surface area contributed by atoms with Crippen molar-refractivity contribution in [2.75, 3.05) is 36.0 Å². The molecule has 0 aliphatic carbocycles. The lowest BCUT2D eigenvalue weighted by atomic mass is 9.98. The number of piperidine rings is 2. The van der Waals surface area contributed by atoms with E-state index in [-0.39, 0.29) is 35.7 Å². The summed E-state index contributed by atoms with van der Waals surface area (Å²) >= 11 is 0. The molecule has 0 spiro atoms. The quantitative estimate of drug-likeness (QED) is 0.135. The Bertz CT molecular complexity index is 1470. The fraction of sp³-hybridized carbons (Fsp3) is 0.412. The number of nitro groups is 2. The number of esters is 2. The number of carbonyl (C=O) groups is 2. The minimum atomic E-state index is -0.671. The summed E-state index contributed by atoms with van der Waals surface area (Å²) in [7, 11) is 0. The largest absolute Gasteiger partial charge is 0.457 e. The second kappa shape index (κ2) is 14.4. The minimum Gasteiger partial charge on any atom is -0.457 e. The molecule has 242 valence electrons. The molecule has 3 aromatic rings. The molecule has 0 amide bonds. The molecule has 2 aliphatic heterocycles. The number of hydrogen-bond acceptors (Lipinski definition) is 10. The van der Waals surface area contributed by atoms with Crippen molar-refractivity contribution in [3.05, 3.63) is 103 Å². The van der Waals surface area contributed by atoms with Gasteiger partial charge in [0.05, 0.1) is 21.0 Å². The highest BCUT2D eigenvalue weighted by Gasteiger charge is 2.27. The van der Waals surface area contributed by atoms with Gasteiger partial charge < -0.3 is 19.3 Å². The summed E-state index contributed by atoms with van der Waals surface area (Å²) in [6.07, 6.45) is 3.83. The zero-order chi connectivity index (χ0) is 32.8. The SMILES string of the molecule is CC1CCN(c2ccc(C(=O)OCc3ccc(COC(=O)c4ccc(N5CCC(C)CC5)c([N+](=O)[O-])c4)cc3)cc2[N+](=O)[O-])CC1. The van der Waals surface area contributed by atoms with Crippen LogP contribution < -0.4 is 9.80 Å². The summed E-state index contributed by atoms with van der Waals surface area (Å²) in [6, 6.07) is 15.7. The van der Waals surface area contributed by atoms with E-state index in [0.29, 0.717) is 34.3 Å². The fourth-order valence-electron chi connectivity index (χ4n) is 5.82. The van der Waals surface area contributed by atoms with Crippen LogP contribution in [-0.4, -0.2) is 48.0 Å². The number of nitro benzene ring substituents is 2. The zero-order valence-electron chi connectivity index (χ0n) is 26.1. The molecule has 0 radical (unpaired) electrons. The lowest BCUT2D eigenvalue weighted by Crippen LogP contribution is -2.33. The van der Waals surface area contributed by atoms with E-state index in [1.165, 1.54) is 12.1 Å². The molecule has 0 aromatic heterocycles. The number of benzene rings is 3. The molecule has 0 N–H and O–H groups in total. The molecular formula is C34H38N4O8. The number of anilines is 2. The van der Waals surface area contributed by atoms with Crippen LogP contribution in [0.1, 0.15) is 71.4 Å². The van der Waals surface area contributed by atoms with Crippen molar-refractivity contribution in [1.82, 2.24) is 0 Å². The summed E-state index contributed by atoms with van der Waals surface area (Å²) < 4.78 is 10.8. The summed E-state index contributed by atoms with van der Waals surface area (Å²) in [6.45, 7) is 7.16. The Kier molecular flexibility index (Phi) is 10.1. The first-order chi connectivity index (χ1) is 22.1. The average Bonchev–Trinajstić information content (AvgIpc) is 3.06. The molecule has 2 heterocycles. The minimum absolute atomic E-state index is 0.0512. The van der Waals surface area contributed by atoms with Gasteiger partial charge in [-0.3, -0.25) is 20.2 Å². The number of nitrogens with zero attached hydrogens (tertiary/aromatic N) is 4. The number of rotatable bonds is 10. The van der Waals surface area contributed by atoms with Crippen LogP contribution in [0.3, 0.4) is 0 Å². The van der Waals surface area contributed by atoms with Gasteiger partial charge in [0.2, 0.25) is 0 Å². The summed E-state index contributed by atoms with van der Waals surface area (Å²) in [5.41, 5.74) is 2.33. The number of carbonyl (C=O) groups excluding carboxylic acids is 2. The first-order valence-corrected chi connectivity index (χ1v) is 15.6. The molecule has 2 saturated heterocycles. The van der Waals surface area contributed by atoms with Gasteiger partial charge in [0.1, 0.15) is 24.6 Å². The van der Waals surface area contributed by atoms with Crippen molar-refractivity contribution in [2.24, 2.45) is 11.8 Å². The highest BCUT2D eigenvalue weighted by molar-refractivity contribution is 5.92. The number of ether oxygens (including phenoxy) is 2. The maximum Gasteiger partial charge on any atom is 0.338 e. The fourth-order valence-corrected chi connectivity index (χ4v) is 5.82. The average molecular weight is 631 g/mol. The van der Waals surface area contributed by atoms with E-state index in [1.807, 2.05) is 9.80 Å². The molecule has 0 saturated carbocycles. The van der Waals surface area contributed by atoms with Crippen LogP contribution in [0, 0.1) is 32.1 Å². The van der Waals surface area contributed by atoms with Crippen molar-refractivity contribution in [2.45, 2.75) is 52.7 Å². The van der Waals surface area contributed by atoms with Crippen LogP contribution in [0.4, 0.5) is 22.7 Å². The first-order valence-electron chi connectivity index (χ1n) is 15.6. The van der Waals surface area contributed by atoms with E-state index in [1.54, 1.807) is 48.5 Å². The van der Waals surface area contributed by atoms with Crippen molar-refractivity contribution < 1.29 is 28.9 Å². The van der Waals surface area contributed by atoms with Crippen LogP contribution in [0.15, 0.2) is 60.7 Å². The molecule has 3 aromatic carbocycles. The van der Waals surface area contributed by atoms with Crippen LogP contribution in [0.2, 0.25) is 0 Å². The molecule has 2 aliphatic rings. The molecular weight excluding hydrogens is 592 g/mol. The molecule has 12 nitrogen and oxygen atoms in total. The molecule has 0 atom stereocenters. The van der Waals surface area contributed by atoms with Gasteiger partial charge in [-0.15, -0.1) is 0 Å². The summed E-state index contributed by atoms with van der Waals surface area (Å²) in [5, 5.41) is 23.6. The van der Waals surface area contributed by atoms with Crippen molar-refractivity contribution in [1.29, 1.82) is 0 Å². The topological polar surface area (TPSA) is 145 Å². The number of hydrogen-bond donors (Lipinski definition) is 0. The molecule has 46 heavy (non-hydrogen) atoms. The Balaban J connectivity index is 1.15. The lowest BCUT2D eigenvalue weighted by Gasteiger charge is -2.31. The van der Waals surface area contributed by atoms with Crippen LogP contribution in [-0.2, 0) is 22.7 Å². The van der Waals surface area contributed by atoms with E-state index in [4.69, 9.17) is 9.47 Å². The summed E-state index contributed by atoms with van der Waals surface area (Å²) in [5.74, 6) is -0.183. The Morgan fingerprint density at radius 1 is 0.652 bits per heavy atom. The predicted octanol–water partition coefficient (Wildman–Crippen LogP) is 6.69. The molecule has 0 unspecified atom stereocenters. The maximum atomic E-state index is 12.7.